The second-order valence-electron chi connectivity index (χ2n) is 6.10. The first kappa shape index (κ1) is 17.9. The van der Waals surface area contributed by atoms with Gasteiger partial charge in [-0.15, -0.1) is 0 Å². The lowest BCUT2D eigenvalue weighted by Gasteiger charge is -2.10. The minimum Gasteiger partial charge on any atom is -0.356 e. The zero-order chi connectivity index (χ0) is 16.5. The van der Waals surface area contributed by atoms with Gasteiger partial charge in [0.15, 0.2) is 0 Å². The van der Waals surface area contributed by atoms with Crippen LogP contribution in [0.5, 0.6) is 0 Å². The van der Waals surface area contributed by atoms with Gasteiger partial charge in [0, 0.05) is 19.5 Å². The first-order chi connectivity index (χ1) is 11.1. The maximum Gasteiger partial charge on any atom is 0.240 e. The van der Waals surface area contributed by atoms with E-state index in [9.17, 15) is 13.2 Å². The van der Waals surface area contributed by atoms with Gasteiger partial charge in [0.25, 0.3) is 0 Å². The number of rotatable bonds is 9. The van der Waals surface area contributed by atoms with E-state index in [1.165, 1.54) is 44.2 Å². The predicted octanol–water partition coefficient (Wildman–Crippen LogP) is 2.44. The normalized spacial score (nSPS) is 15.7. The minimum atomic E-state index is -3.52. The maximum atomic E-state index is 12.0. The molecular formula is C17H26N2O3S. The highest BCUT2D eigenvalue weighted by molar-refractivity contribution is 7.89. The van der Waals surface area contributed by atoms with Crippen LogP contribution in [0.1, 0.15) is 44.9 Å². The smallest absolute Gasteiger partial charge is 0.240 e. The standard InChI is InChI=1S/C17H26N2O3S/c20-17(18-13-6-9-15-7-4-5-8-15)12-14-19-23(21,22)16-10-2-1-3-11-16/h1-3,10-11,15,19H,4-9,12-14H2,(H,18,20). The molecule has 23 heavy (non-hydrogen) atoms. The second kappa shape index (κ2) is 9.03. The van der Waals surface area contributed by atoms with Gasteiger partial charge in [-0.25, -0.2) is 13.1 Å². The highest BCUT2D eigenvalue weighted by atomic mass is 32.2. The third kappa shape index (κ3) is 6.31. The summed E-state index contributed by atoms with van der Waals surface area (Å²) in [5.74, 6) is 0.733. The van der Waals surface area contributed by atoms with Crippen LogP contribution in [0.4, 0.5) is 0 Å². The molecule has 1 aromatic rings. The van der Waals surface area contributed by atoms with Crippen molar-refractivity contribution in [3.8, 4) is 0 Å². The van der Waals surface area contributed by atoms with Gasteiger partial charge in [-0.1, -0.05) is 43.9 Å². The molecule has 1 fully saturated rings. The SMILES string of the molecule is O=C(CCNS(=O)(=O)c1ccccc1)NCCCC1CCCC1. The van der Waals surface area contributed by atoms with Gasteiger partial charge in [-0.2, -0.15) is 0 Å². The average Bonchev–Trinajstić information content (AvgIpc) is 3.06. The molecule has 1 amide bonds. The Hall–Kier alpha value is -1.40. The zero-order valence-corrected chi connectivity index (χ0v) is 14.3. The van der Waals surface area contributed by atoms with E-state index >= 15 is 0 Å². The molecule has 6 heteroatoms. The molecule has 1 saturated carbocycles. The fourth-order valence-electron chi connectivity index (χ4n) is 2.99. The first-order valence-corrected chi connectivity index (χ1v) is 9.87. The summed E-state index contributed by atoms with van der Waals surface area (Å²) in [5.41, 5.74) is 0. The number of sulfonamides is 1. The fourth-order valence-corrected chi connectivity index (χ4v) is 4.04. The summed E-state index contributed by atoms with van der Waals surface area (Å²) < 4.78 is 26.4. The van der Waals surface area contributed by atoms with E-state index < -0.39 is 10.0 Å². The second-order valence-corrected chi connectivity index (χ2v) is 7.87. The Kier molecular flexibility index (Phi) is 7.05. The highest BCUT2D eigenvalue weighted by Crippen LogP contribution is 2.28. The maximum absolute atomic E-state index is 12.0. The topological polar surface area (TPSA) is 75.3 Å². The lowest BCUT2D eigenvalue weighted by atomic mass is 10.0. The van der Waals surface area contributed by atoms with E-state index in [1.807, 2.05) is 0 Å². The Morgan fingerprint density at radius 2 is 1.78 bits per heavy atom. The summed E-state index contributed by atoms with van der Waals surface area (Å²) in [5, 5.41) is 2.86. The van der Waals surface area contributed by atoms with Crippen molar-refractivity contribution in [2.24, 2.45) is 5.92 Å². The van der Waals surface area contributed by atoms with Crippen molar-refractivity contribution in [3.63, 3.8) is 0 Å². The van der Waals surface area contributed by atoms with Crippen molar-refractivity contribution < 1.29 is 13.2 Å². The molecule has 0 radical (unpaired) electrons. The number of carbonyl (C=O) groups is 1. The van der Waals surface area contributed by atoms with E-state index in [0.29, 0.717) is 6.54 Å². The van der Waals surface area contributed by atoms with Crippen molar-refractivity contribution in [3.05, 3.63) is 30.3 Å². The third-order valence-corrected chi connectivity index (χ3v) is 5.76. The molecule has 0 heterocycles. The van der Waals surface area contributed by atoms with Gasteiger partial charge >= 0.3 is 0 Å². The Morgan fingerprint density at radius 1 is 1.09 bits per heavy atom. The molecule has 0 saturated heterocycles. The molecule has 0 atom stereocenters. The number of hydrogen-bond donors (Lipinski definition) is 2. The number of nitrogens with one attached hydrogen (secondary N) is 2. The third-order valence-electron chi connectivity index (χ3n) is 4.28. The van der Waals surface area contributed by atoms with Gasteiger partial charge in [0.2, 0.25) is 15.9 Å². The molecule has 0 aromatic heterocycles. The largest absolute Gasteiger partial charge is 0.356 e. The highest BCUT2D eigenvalue weighted by Gasteiger charge is 2.15. The van der Waals surface area contributed by atoms with Crippen molar-refractivity contribution in [1.29, 1.82) is 0 Å². The van der Waals surface area contributed by atoms with Crippen LogP contribution in [-0.2, 0) is 14.8 Å². The predicted molar refractivity (Wildman–Crippen MR) is 90.4 cm³/mol. The monoisotopic (exact) mass is 338 g/mol. The summed E-state index contributed by atoms with van der Waals surface area (Å²) in [4.78, 5) is 11.9. The molecule has 0 unspecified atom stereocenters. The summed E-state index contributed by atoms with van der Waals surface area (Å²) in [6, 6.07) is 8.17. The molecule has 1 aliphatic carbocycles. The van der Waals surface area contributed by atoms with Crippen LogP contribution in [-0.4, -0.2) is 27.4 Å². The molecule has 2 N–H and O–H groups in total. The molecule has 5 nitrogen and oxygen atoms in total. The molecule has 2 rings (SSSR count). The zero-order valence-electron chi connectivity index (χ0n) is 13.5. The van der Waals surface area contributed by atoms with E-state index in [4.69, 9.17) is 0 Å². The van der Waals surface area contributed by atoms with Crippen LogP contribution >= 0.6 is 0 Å². The Labute approximate surface area is 138 Å². The van der Waals surface area contributed by atoms with Crippen LogP contribution in [0, 0.1) is 5.92 Å². The Bertz CT molecular complexity index is 581. The molecular weight excluding hydrogens is 312 g/mol. The fraction of sp³-hybridized carbons (Fsp3) is 0.588. The lowest BCUT2D eigenvalue weighted by molar-refractivity contribution is -0.120. The number of amides is 1. The van der Waals surface area contributed by atoms with E-state index in [1.54, 1.807) is 18.2 Å². The van der Waals surface area contributed by atoms with Crippen LogP contribution in [0.25, 0.3) is 0 Å². The molecule has 1 aliphatic rings. The van der Waals surface area contributed by atoms with Gasteiger partial charge in [0.1, 0.15) is 0 Å². The van der Waals surface area contributed by atoms with Crippen molar-refractivity contribution in [2.45, 2.75) is 49.8 Å². The van der Waals surface area contributed by atoms with Crippen LogP contribution in [0.2, 0.25) is 0 Å². The summed E-state index contributed by atoms with van der Waals surface area (Å²) in [6.45, 7) is 0.798. The molecule has 0 bridgehead atoms. The molecule has 0 spiro atoms. The quantitative estimate of drug-likeness (QED) is 0.679. The number of hydrogen-bond acceptors (Lipinski definition) is 3. The van der Waals surface area contributed by atoms with Crippen LogP contribution < -0.4 is 10.0 Å². The van der Waals surface area contributed by atoms with Gasteiger partial charge in [-0.3, -0.25) is 4.79 Å². The van der Waals surface area contributed by atoms with Crippen LogP contribution in [0.15, 0.2) is 35.2 Å². The van der Waals surface area contributed by atoms with Crippen molar-refractivity contribution in [1.82, 2.24) is 10.0 Å². The average molecular weight is 338 g/mol. The molecule has 1 aromatic carbocycles. The van der Waals surface area contributed by atoms with Crippen LogP contribution in [0.3, 0.4) is 0 Å². The van der Waals surface area contributed by atoms with E-state index in [2.05, 4.69) is 10.0 Å². The Balaban J connectivity index is 1.59. The van der Waals surface area contributed by atoms with E-state index in [0.717, 1.165) is 12.3 Å². The Morgan fingerprint density at radius 3 is 2.48 bits per heavy atom. The summed E-state index contributed by atoms with van der Waals surface area (Å²) >= 11 is 0. The van der Waals surface area contributed by atoms with Gasteiger partial charge in [0.05, 0.1) is 4.90 Å². The van der Waals surface area contributed by atoms with Gasteiger partial charge in [-0.05, 0) is 30.9 Å². The van der Waals surface area contributed by atoms with E-state index in [-0.39, 0.29) is 23.8 Å². The molecule has 128 valence electrons. The number of carbonyl (C=O) groups excluding carboxylic acids is 1. The van der Waals surface area contributed by atoms with Crippen molar-refractivity contribution in [2.75, 3.05) is 13.1 Å². The van der Waals surface area contributed by atoms with Crippen molar-refractivity contribution >= 4 is 15.9 Å². The molecule has 0 aliphatic heterocycles. The minimum absolute atomic E-state index is 0.104. The number of benzene rings is 1. The summed E-state index contributed by atoms with van der Waals surface area (Å²) in [7, 11) is -3.52. The lowest BCUT2D eigenvalue weighted by Crippen LogP contribution is -2.31. The summed E-state index contributed by atoms with van der Waals surface area (Å²) in [6.07, 6.45) is 7.70. The first-order valence-electron chi connectivity index (χ1n) is 8.39. The van der Waals surface area contributed by atoms with Gasteiger partial charge < -0.3 is 5.32 Å².